The molecule has 0 radical (unpaired) electrons. The van der Waals surface area contributed by atoms with Gasteiger partial charge in [-0.2, -0.15) is 0 Å². The molecule has 0 unspecified atom stereocenters. The van der Waals surface area contributed by atoms with Crippen molar-refractivity contribution in [3.63, 3.8) is 0 Å². The number of ether oxygens (including phenoxy) is 1. The third-order valence-electron chi connectivity index (χ3n) is 3.25. The van der Waals surface area contributed by atoms with Crippen LogP contribution < -0.4 is 0 Å². The molecular formula is C16H13NO7. The second kappa shape index (κ2) is 6.37. The lowest BCUT2D eigenvalue weighted by molar-refractivity contribution is -0.192. The van der Waals surface area contributed by atoms with E-state index in [9.17, 15) is 29.4 Å². The number of nitrogens with one attached hydrogen (secondary N) is 1. The highest BCUT2D eigenvalue weighted by atomic mass is 16.6. The number of ketones is 1. The van der Waals surface area contributed by atoms with Gasteiger partial charge in [-0.05, 0) is 12.1 Å². The predicted molar refractivity (Wildman–Crippen MR) is 79.4 cm³/mol. The number of H-pyrrole nitrogens is 1. The Morgan fingerprint density at radius 2 is 1.54 bits per heavy atom. The Kier molecular flexibility index (Phi) is 4.50. The molecule has 0 fully saturated rings. The Bertz CT molecular complexity index is 793. The van der Waals surface area contributed by atoms with Gasteiger partial charge in [0.05, 0.1) is 11.4 Å². The molecule has 0 spiro atoms. The summed E-state index contributed by atoms with van der Waals surface area (Å²) in [5, 5.41) is 18.6. The Morgan fingerprint density at radius 3 is 2.04 bits per heavy atom. The summed E-state index contributed by atoms with van der Waals surface area (Å²) in [6.07, 6.45) is 0. The third kappa shape index (κ3) is 2.89. The monoisotopic (exact) mass is 331 g/mol. The van der Waals surface area contributed by atoms with Crippen LogP contribution in [0.25, 0.3) is 0 Å². The van der Waals surface area contributed by atoms with Crippen LogP contribution >= 0.6 is 0 Å². The first-order chi connectivity index (χ1) is 11.3. The highest BCUT2D eigenvalue weighted by Crippen LogP contribution is 2.27. The van der Waals surface area contributed by atoms with Crippen molar-refractivity contribution < 1.29 is 34.1 Å². The van der Waals surface area contributed by atoms with E-state index in [0.29, 0.717) is 5.56 Å². The normalized spacial score (nSPS) is 10.9. The summed E-state index contributed by atoms with van der Waals surface area (Å²) < 4.78 is 4.57. The van der Waals surface area contributed by atoms with E-state index in [0.717, 1.165) is 13.0 Å². The molecule has 2 aromatic rings. The predicted octanol–water partition coefficient (Wildman–Crippen LogP) is 1.17. The van der Waals surface area contributed by atoms with Gasteiger partial charge in [0.2, 0.25) is 5.78 Å². The standard InChI is InChI=1S/C16H13NO7/c1-9(18)24-16(14(20)21,15(22)23)12-8-7-11(17-12)13(19)10-5-3-2-4-6-10/h2-8,17H,1H3,(H,20,21)(H,22,23). The zero-order valence-corrected chi connectivity index (χ0v) is 12.5. The number of hydrogen-bond donors (Lipinski definition) is 3. The minimum atomic E-state index is -2.96. The van der Waals surface area contributed by atoms with Crippen molar-refractivity contribution >= 4 is 23.7 Å². The van der Waals surface area contributed by atoms with E-state index in [1.165, 1.54) is 6.07 Å². The lowest BCUT2D eigenvalue weighted by atomic mass is 10.00. The zero-order valence-electron chi connectivity index (χ0n) is 12.5. The fourth-order valence-electron chi connectivity index (χ4n) is 2.16. The molecule has 0 aliphatic heterocycles. The van der Waals surface area contributed by atoms with Crippen LogP contribution in [0.15, 0.2) is 42.5 Å². The molecule has 24 heavy (non-hydrogen) atoms. The topological polar surface area (TPSA) is 134 Å². The van der Waals surface area contributed by atoms with Crippen LogP contribution in [-0.4, -0.2) is 38.9 Å². The number of carboxylic acids is 2. The fraction of sp³-hybridized carbons (Fsp3) is 0.125. The second-order valence-electron chi connectivity index (χ2n) is 4.87. The van der Waals surface area contributed by atoms with Crippen LogP contribution in [0.1, 0.15) is 28.7 Å². The molecule has 124 valence electrons. The van der Waals surface area contributed by atoms with Crippen molar-refractivity contribution in [3.05, 3.63) is 59.4 Å². The maximum absolute atomic E-state index is 12.3. The van der Waals surface area contributed by atoms with Crippen LogP contribution in [0.4, 0.5) is 0 Å². The van der Waals surface area contributed by atoms with Crippen molar-refractivity contribution in [1.82, 2.24) is 4.98 Å². The molecule has 1 heterocycles. The van der Waals surface area contributed by atoms with Gasteiger partial charge in [-0.15, -0.1) is 0 Å². The van der Waals surface area contributed by atoms with E-state index < -0.39 is 35.0 Å². The minimum Gasteiger partial charge on any atom is -0.478 e. The Balaban J connectivity index is 2.49. The molecule has 1 aromatic heterocycles. The minimum absolute atomic E-state index is 0.0322. The van der Waals surface area contributed by atoms with Crippen molar-refractivity contribution in [2.45, 2.75) is 12.5 Å². The van der Waals surface area contributed by atoms with E-state index in [2.05, 4.69) is 9.72 Å². The number of aliphatic carboxylic acids is 2. The molecule has 0 saturated heterocycles. The van der Waals surface area contributed by atoms with E-state index in [4.69, 9.17) is 0 Å². The van der Waals surface area contributed by atoms with Gasteiger partial charge in [0, 0.05) is 12.5 Å². The number of aromatic amines is 1. The number of aromatic nitrogens is 1. The average Bonchev–Trinajstić information content (AvgIpc) is 3.02. The van der Waals surface area contributed by atoms with E-state index >= 15 is 0 Å². The van der Waals surface area contributed by atoms with Gasteiger partial charge >= 0.3 is 23.5 Å². The SMILES string of the molecule is CC(=O)OC(C(=O)O)(C(=O)O)c1ccc(C(=O)c2ccccc2)[nH]1. The van der Waals surface area contributed by atoms with Crippen LogP contribution in [0.2, 0.25) is 0 Å². The summed E-state index contributed by atoms with van der Waals surface area (Å²) in [5.41, 5.74) is -3.11. The molecule has 0 aliphatic carbocycles. The largest absolute Gasteiger partial charge is 0.478 e. The van der Waals surface area contributed by atoms with Gasteiger partial charge in [-0.25, -0.2) is 9.59 Å². The van der Waals surface area contributed by atoms with Gasteiger partial charge in [0.1, 0.15) is 0 Å². The van der Waals surface area contributed by atoms with E-state index in [-0.39, 0.29) is 5.69 Å². The molecule has 8 nitrogen and oxygen atoms in total. The zero-order chi connectivity index (χ0) is 17.9. The van der Waals surface area contributed by atoms with Gasteiger partial charge in [0.25, 0.3) is 0 Å². The van der Waals surface area contributed by atoms with Crippen molar-refractivity contribution in [2.24, 2.45) is 0 Å². The average molecular weight is 331 g/mol. The van der Waals surface area contributed by atoms with Gasteiger partial charge in [-0.1, -0.05) is 30.3 Å². The number of carbonyl (C=O) groups excluding carboxylic acids is 2. The first kappa shape index (κ1) is 16.9. The van der Waals surface area contributed by atoms with Gasteiger partial charge < -0.3 is 19.9 Å². The Hall–Kier alpha value is -3.42. The Morgan fingerprint density at radius 1 is 0.958 bits per heavy atom. The molecular weight excluding hydrogens is 318 g/mol. The first-order valence-corrected chi connectivity index (χ1v) is 6.74. The summed E-state index contributed by atoms with van der Waals surface area (Å²) in [4.78, 5) is 48.9. The van der Waals surface area contributed by atoms with Crippen molar-refractivity contribution in [2.75, 3.05) is 0 Å². The maximum Gasteiger partial charge on any atom is 0.366 e. The summed E-state index contributed by atoms with van der Waals surface area (Å²) >= 11 is 0. The molecule has 3 N–H and O–H groups in total. The molecule has 1 aromatic carbocycles. The summed E-state index contributed by atoms with van der Waals surface area (Å²) in [5.74, 6) is -5.35. The van der Waals surface area contributed by atoms with Crippen LogP contribution in [0.3, 0.4) is 0 Å². The van der Waals surface area contributed by atoms with Gasteiger partial charge in [-0.3, -0.25) is 9.59 Å². The molecule has 0 bridgehead atoms. The van der Waals surface area contributed by atoms with E-state index in [1.807, 2.05) is 0 Å². The van der Waals surface area contributed by atoms with Crippen LogP contribution in [-0.2, 0) is 24.7 Å². The number of rotatable bonds is 6. The molecule has 0 aliphatic rings. The second-order valence-corrected chi connectivity index (χ2v) is 4.87. The first-order valence-electron chi connectivity index (χ1n) is 6.74. The smallest absolute Gasteiger partial charge is 0.366 e. The van der Waals surface area contributed by atoms with Gasteiger partial charge in [0.15, 0.2) is 0 Å². The van der Waals surface area contributed by atoms with E-state index in [1.54, 1.807) is 30.3 Å². The fourth-order valence-corrected chi connectivity index (χ4v) is 2.16. The number of benzene rings is 1. The summed E-state index contributed by atoms with van der Waals surface area (Å²) in [6.45, 7) is 0.888. The quantitative estimate of drug-likeness (QED) is 0.411. The van der Waals surface area contributed by atoms with Crippen molar-refractivity contribution in [3.8, 4) is 0 Å². The lowest BCUT2D eigenvalue weighted by Crippen LogP contribution is -2.47. The molecule has 0 atom stereocenters. The third-order valence-corrected chi connectivity index (χ3v) is 3.25. The maximum atomic E-state index is 12.3. The summed E-state index contributed by atoms with van der Waals surface area (Å²) in [7, 11) is 0. The highest BCUT2D eigenvalue weighted by molar-refractivity contribution is 6.09. The highest BCUT2D eigenvalue weighted by Gasteiger charge is 2.53. The lowest BCUT2D eigenvalue weighted by Gasteiger charge is -2.23. The molecule has 2 rings (SSSR count). The van der Waals surface area contributed by atoms with Crippen LogP contribution in [0, 0.1) is 0 Å². The molecule has 0 saturated carbocycles. The molecule has 0 amide bonds. The number of hydrogen-bond acceptors (Lipinski definition) is 5. The summed E-state index contributed by atoms with van der Waals surface area (Å²) in [6, 6.07) is 10.4. The number of carboxylic acid groups (broad SMARTS) is 2. The Labute approximate surface area is 135 Å². The molecule has 8 heteroatoms. The number of esters is 1. The van der Waals surface area contributed by atoms with Crippen molar-refractivity contribution in [1.29, 1.82) is 0 Å². The number of carbonyl (C=O) groups is 4. The van der Waals surface area contributed by atoms with Crippen LogP contribution in [0.5, 0.6) is 0 Å².